The molecule has 2 heterocycles. The molecule has 27 heavy (non-hydrogen) atoms. The summed E-state index contributed by atoms with van der Waals surface area (Å²) in [5, 5.41) is 12.1. The Labute approximate surface area is 166 Å². The van der Waals surface area contributed by atoms with Gasteiger partial charge in [0.25, 0.3) is 5.91 Å². The molecule has 0 radical (unpaired) electrons. The highest BCUT2D eigenvalue weighted by Gasteiger charge is 2.23. The molecule has 0 saturated carbocycles. The fourth-order valence-electron chi connectivity index (χ4n) is 2.79. The van der Waals surface area contributed by atoms with Crippen molar-refractivity contribution >= 4 is 27.8 Å². The van der Waals surface area contributed by atoms with E-state index in [1.54, 1.807) is 17.3 Å². The highest BCUT2D eigenvalue weighted by molar-refractivity contribution is 9.10. The first-order valence-corrected chi connectivity index (χ1v) is 9.35. The molecule has 0 atom stereocenters. The predicted octanol–water partition coefficient (Wildman–Crippen LogP) is 2.40. The van der Waals surface area contributed by atoms with Gasteiger partial charge in [-0.25, -0.2) is 9.97 Å². The molecule has 0 aliphatic carbocycles. The molecule has 1 N–H and O–H groups in total. The van der Waals surface area contributed by atoms with Gasteiger partial charge in [-0.2, -0.15) is 5.26 Å². The molecule has 0 spiro atoms. The number of halogens is 1. The van der Waals surface area contributed by atoms with Crippen LogP contribution < -0.4 is 5.32 Å². The average Bonchev–Trinajstić information content (AvgIpc) is 2.71. The quantitative estimate of drug-likeness (QED) is 0.583. The van der Waals surface area contributed by atoms with Gasteiger partial charge in [0.1, 0.15) is 11.6 Å². The Bertz CT molecular complexity index is 839. The summed E-state index contributed by atoms with van der Waals surface area (Å²) in [6.07, 6.45) is 4.54. The van der Waals surface area contributed by atoms with Gasteiger partial charge in [0.2, 0.25) is 5.95 Å². The zero-order valence-corrected chi connectivity index (χ0v) is 16.3. The molecule has 2 aromatic rings. The van der Waals surface area contributed by atoms with Crippen LogP contribution in [0.25, 0.3) is 0 Å². The monoisotopic (exact) mass is 426 g/mol. The van der Waals surface area contributed by atoms with Crippen molar-refractivity contribution in [3.63, 3.8) is 0 Å². The Morgan fingerprint density at radius 3 is 2.48 bits per heavy atom. The number of nitriles is 1. The van der Waals surface area contributed by atoms with Crippen LogP contribution in [0.4, 0.5) is 5.95 Å². The lowest BCUT2D eigenvalue weighted by Gasteiger charge is -2.34. The Morgan fingerprint density at radius 1 is 1.19 bits per heavy atom. The first kappa shape index (κ1) is 19.0. The van der Waals surface area contributed by atoms with Gasteiger partial charge < -0.3 is 10.2 Å². The molecule has 7 nitrogen and oxygen atoms in total. The van der Waals surface area contributed by atoms with E-state index in [9.17, 15) is 10.1 Å². The van der Waals surface area contributed by atoms with E-state index in [2.05, 4.69) is 48.2 Å². The number of piperazine rings is 1. The number of hydrogen-bond donors (Lipinski definition) is 1. The fraction of sp³-hybridized carbons (Fsp3) is 0.263. The molecular formula is C19H19BrN6O. The maximum Gasteiger partial charge on any atom is 0.266 e. The summed E-state index contributed by atoms with van der Waals surface area (Å²) in [7, 11) is 0. The normalized spacial score (nSPS) is 15.3. The number of anilines is 1. The van der Waals surface area contributed by atoms with E-state index in [0.717, 1.165) is 24.1 Å². The van der Waals surface area contributed by atoms with Gasteiger partial charge in [0.15, 0.2) is 0 Å². The van der Waals surface area contributed by atoms with Crippen molar-refractivity contribution in [3.05, 3.63) is 64.5 Å². The van der Waals surface area contributed by atoms with Crippen LogP contribution in [0.15, 0.2) is 59.0 Å². The van der Waals surface area contributed by atoms with Crippen LogP contribution >= 0.6 is 15.9 Å². The van der Waals surface area contributed by atoms with E-state index >= 15 is 0 Å². The van der Waals surface area contributed by atoms with Crippen LogP contribution in [0.5, 0.6) is 0 Å². The summed E-state index contributed by atoms with van der Waals surface area (Å²) in [6, 6.07) is 12.2. The molecule has 1 aromatic heterocycles. The number of amides is 1. The molecule has 1 amide bonds. The van der Waals surface area contributed by atoms with E-state index in [4.69, 9.17) is 0 Å². The molecule has 1 aromatic carbocycles. The maximum atomic E-state index is 12.6. The van der Waals surface area contributed by atoms with Crippen LogP contribution in [0.1, 0.15) is 5.56 Å². The molecule has 0 unspecified atom stereocenters. The van der Waals surface area contributed by atoms with Crippen LogP contribution in [-0.2, 0) is 11.3 Å². The van der Waals surface area contributed by atoms with Gasteiger partial charge >= 0.3 is 0 Å². The minimum atomic E-state index is -0.276. The second-order valence-electron chi connectivity index (χ2n) is 6.09. The van der Waals surface area contributed by atoms with Gasteiger partial charge in [0, 0.05) is 51.3 Å². The molecule has 8 heteroatoms. The minimum Gasteiger partial charge on any atom is -0.335 e. The summed E-state index contributed by atoms with van der Waals surface area (Å²) in [5.41, 5.74) is 1.30. The molecule has 1 aliphatic heterocycles. The summed E-state index contributed by atoms with van der Waals surface area (Å²) < 4.78 is 0.752. The van der Waals surface area contributed by atoms with Crippen LogP contribution in [0.3, 0.4) is 0 Å². The fourth-order valence-corrected chi connectivity index (χ4v) is 2.99. The third kappa shape index (κ3) is 5.36. The Balaban J connectivity index is 1.54. The maximum absolute atomic E-state index is 12.6. The predicted molar refractivity (Wildman–Crippen MR) is 105 cm³/mol. The van der Waals surface area contributed by atoms with Crippen molar-refractivity contribution in [2.45, 2.75) is 6.54 Å². The van der Waals surface area contributed by atoms with Crippen molar-refractivity contribution in [2.75, 3.05) is 31.5 Å². The summed E-state index contributed by atoms with van der Waals surface area (Å²) in [6.45, 7) is 3.62. The van der Waals surface area contributed by atoms with E-state index < -0.39 is 0 Å². The van der Waals surface area contributed by atoms with E-state index in [0.29, 0.717) is 19.0 Å². The number of hydrogen-bond acceptors (Lipinski definition) is 6. The standard InChI is InChI=1S/C19H19BrN6O/c20-17-12-23-19(24-13-17)22-11-16(10-21)18(27)26-8-6-25(7-9-26)14-15-4-2-1-3-5-15/h1-5,11-13H,6-9,14H2,(H,22,23,24)/b16-11-. The zero-order valence-electron chi connectivity index (χ0n) is 14.7. The topological polar surface area (TPSA) is 85.1 Å². The van der Waals surface area contributed by atoms with Gasteiger partial charge in [0.05, 0.1) is 4.47 Å². The number of nitrogens with one attached hydrogen (secondary N) is 1. The van der Waals surface area contributed by atoms with E-state index in [-0.39, 0.29) is 11.5 Å². The van der Waals surface area contributed by atoms with Gasteiger partial charge in [-0.05, 0) is 21.5 Å². The number of carbonyl (C=O) groups is 1. The molecule has 1 fully saturated rings. The Morgan fingerprint density at radius 2 is 1.85 bits per heavy atom. The number of carbonyl (C=O) groups excluding carboxylic acids is 1. The number of aromatic nitrogens is 2. The Kier molecular flexibility index (Phi) is 6.52. The first-order valence-electron chi connectivity index (χ1n) is 8.55. The lowest BCUT2D eigenvalue weighted by atomic mass is 10.2. The Hall–Kier alpha value is -2.76. The van der Waals surface area contributed by atoms with Crippen molar-refractivity contribution < 1.29 is 4.79 Å². The van der Waals surface area contributed by atoms with Crippen molar-refractivity contribution in [1.82, 2.24) is 19.8 Å². The number of nitrogens with zero attached hydrogens (tertiary/aromatic N) is 5. The zero-order chi connectivity index (χ0) is 19.1. The molecule has 3 rings (SSSR count). The molecule has 138 valence electrons. The van der Waals surface area contributed by atoms with Crippen LogP contribution in [-0.4, -0.2) is 51.9 Å². The largest absolute Gasteiger partial charge is 0.335 e. The smallest absolute Gasteiger partial charge is 0.266 e. The second-order valence-corrected chi connectivity index (χ2v) is 7.01. The summed E-state index contributed by atoms with van der Waals surface area (Å²) >= 11 is 3.25. The van der Waals surface area contributed by atoms with Gasteiger partial charge in [-0.1, -0.05) is 30.3 Å². The highest BCUT2D eigenvalue weighted by atomic mass is 79.9. The second kappa shape index (κ2) is 9.26. The molecular weight excluding hydrogens is 408 g/mol. The first-order chi connectivity index (χ1) is 13.2. The van der Waals surface area contributed by atoms with E-state index in [1.165, 1.54) is 11.8 Å². The highest BCUT2D eigenvalue weighted by Crippen LogP contribution is 2.11. The third-order valence-corrected chi connectivity index (χ3v) is 4.63. The van der Waals surface area contributed by atoms with Gasteiger partial charge in [-0.3, -0.25) is 9.69 Å². The summed E-state index contributed by atoms with van der Waals surface area (Å²) in [5.74, 6) is 0.0490. The van der Waals surface area contributed by atoms with Crippen molar-refractivity contribution in [3.8, 4) is 6.07 Å². The molecule has 0 bridgehead atoms. The average molecular weight is 427 g/mol. The SMILES string of the molecule is N#C/C(=C/Nc1ncc(Br)cn1)C(=O)N1CCN(Cc2ccccc2)CC1. The third-order valence-electron chi connectivity index (χ3n) is 4.23. The number of benzene rings is 1. The van der Waals surface area contributed by atoms with Crippen LogP contribution in [0.2, 0.25) is 0 Å². The van der Waals surface area contributed by atoms with Gasteiger partial charge in [-0.15, -0.1) is 0 Å². The minimum absolute atomic E-state index is 0.0398. The van der Waals surface area contributed by atoms with Crippen molar-refractivity contribution in [2.24, 2.45) is 0 Å². The number of rotatable bonds is 5. The lowest BCUT2D eigenvalue weighted by Crippen LogP contribution is -2.48. The molecule has 1 saturated heterocycles. The lowest BCUT2D eigenvalue weighted by molar-refractivity contribution is -0.128. The van der Waals surface area contributed by atoms with Crippen LogP contribution in [0, 0.1) is 11.3 Å². The summed E-state index contributed by atoms with van der Waals surface area (Å²) in [4.78, 5) is 24.7. The molecule has 1 aliphatic rings. The van der Waals surface area contributed by atoms with Crippen molar-refractivity contribution in [1.29, 1.82) is 5.26 Å². The van der Waals surface area contributed by atoms with E-state index in [1.807, 2.05) is 24.3 Å².